The number of aliphatic hydroxyl groups is 1. The van der Waals surface area contributed by atoms with Gasteiger partial charge in [0.05, 0.1) is 0 Å². The van der Waals surface area contributed by atoms with Crippen molar-refractivity contribution in [3.63, 3.8) is 0 Å². The Morgan fingerprint density at radius 3 is 2.48 bits per heavy atom. The maximum atomic E-state index is 13.4. The number of rotatable bonds is 6. The van der Waals surface area contributed by atoms with Crippen LogP contribution in [0.25, 0.3) is 0 Å². The molecule has 4 nitrogen and oxygen atoms in total. The summed E-state index contributed by atoms with van der Waals surface area (Å²) in [5.41, 5.74) is -3.16. The van der Waals surface area contributed by atoms with Crippen LogP contribution in [0, 0.1) is 0 Å². The van der Waals surface area contributed by atoms with E-state index < -0.39 is 24.2 Å². The van der Waals surface area contributed by atoms with Crippen LogP contribution in [-0.2, 0) is 0 Å². The molecule has 1 aliphatic heterocycles. The minimum atomic E-state index is -5.01. The van der Waals surface area contributed by atoms with Crippen molar-refractivity contribution in [2.24, 2.45) is 5.10 Å². The van der Waals surface area contributed by atoms with E-state index in [1.165, 1.54) is 24.3 Å². The lowest BCUT2D eigenvalue weighted by atomic mass is 10.0. The second-order valence-electron chi connectivity index (χ2n) is 6.09. The Morgan fingerprint density at radius 1 is 1.28 bits per heavy atom. The second kappa shape index (κ2) is 7.74. The predicted molar refractivity (Wildman–Crippen MR) is 89.4 cm³/mol. The lowest BCUT2D eigenvalue weighted by Gasteiger charge is -2.32. The third-order valence-electron chi connectivity index (χ3n) is 4.10. The van der Waals surface area contributed by atoms with E-state index in [0.717, 1.165) is 19.3 Å². The summed E-state index contributed by atoms with van der Waals surface area (Å²) in [6, 6.07) is 5.40. The van der Waals surface area contributed by atoms with Gasteiger partial charge in [-0.3, -0.25) is 4.79 Å². The lowest BCUT2D eigenvalue weighted by molar-refractivity contribution is -0.297. The van der Waals surface area contributed by atoms with Gasteiger partial charge in [-0.1, -0.05) is 37.8 Å². The molecule has 0 aromatic heterocycles. The number of hydrogen-bond donors (Lipinski definition) is 1. The molecule has 25 heavy (non-hydrogen) atoms. The largest absolute Gasteiger partial charge is 0.438 e. The maximum absolute atomic E-state index is 13.4. The van der Waals surface area contributed by atoms with E-state index in [0.29, 0.717) is 17.9 Å². The molecule has 1 aliphatic rings. The fraction of sp³-hybridized carbons (Fsp3) is 0.529. The van der Waals surface area contributed by atoms with Gasteiger partial charge in [0, 0.05) is 22.7 Å². The number of carbonyl (C=O) groups is 1. The Balaban J connectivity index is 2.24. The summed E-state index contributed by atoms with van der Waals surface area (Å²) in [7, 11) is 0. The highest BCUT2D eigenvalue weighted by Gasteiger charge is 2.63. The fourth-order valence-corrected chi connectivity index (χ4v) is 2.79. The van der Waals surface area contributed by atoms with E-state index in [4.69, 9.17) is 11.6 Å². The van der Waals surface area contributed by atoms with E-state index in [9.17, 15) is 23.1 Å². The molecule has 0 saturated heterocycles. The monoisotopic (exact) mass is 376 g/mol. The van der Waals surface area contributed by atoms with E-state index >= 15 is 0 Å². The van der Waals surface area contributed by atoms with Crippen LogP contribution < -0.4 is 0 Å². The maximum Gasteiger partial charge on any atom is 0.438 e. The molecule has 0 aliphatic carbocycles. The summed E-state index contributed by atoms with van der Waals surface area (Å²) in [4.78, 5) is 12.5. The number of carbonyl (C=O) groups excluding carboxylic acids is 1. The molecule has 1 aromatic carbocycles. The molecule has 1 aromatic rings. The third-order valence-corrected chi connectivity index (χ3v) is 4.35. The van der Waals surface area contributed by atoms with Crippen molar-refractivity contribution in [3.8, 4) is 0 Å². The molecular formula is C17H20ClF3N2O2. The van der Waals surface area contributed by atoms with E-state index in [1.807, 2.05) is 6.92 Å². The molecule has 138 valence electrons. The fourth-order valence-electron chi connectivity index (χ4n) is 2.66. The van der Waals surface area contributed by atoms with Gasteiger partial charge in [-0.25, -0.2) is 0 Å². The van der Waals surface area contributed by atoms with Crippen molar-refractivity contribution in [3.05, 3.63) is 34.9 Å². The summed E-state index contributed by atoms with van der Waals surface area (Å²) in [5.74, 6) is -1.01. The van der Waals surface area contributed by atoms with Crippen LogP contribution in [0.1, 0.15) is 55.8 Å². The highest BCUT2D eigenvalue weighted by Crippen LogP contribution is 2.41. The first-order chi connectivity index (χ1) is 11.7. The van der Waals surface area contributed by atoms with Crippen LogP contribution in [0.3, 0.4) is 0 Å². The van der Waals surface area contributed by atoms with Crippen molar-refractivity contribution in [1.29, 1.82) is 0 Å². The molecule has 8 heteroatoms. The Morgan fingerprint density at radius 2 is 1.92 bits per heavy atom. The smallest absolute Gasteiger partial charge is 0.362 e. The minimum Gasteiger partial charge on any atom is -0.362 e. The molecular weight excluding hydrogens is 357 g/mol. The molecule has 0 spiro atoms. The molecule has 1 heterocycles. The van der Waals surface area contributed by atoms with Crippen LogP contribution in [0.2, 0.25) is 5.02 Å². The standard InChI is InChI=1S/C17H20ClF3N2O2/c1-2-3-4-5-6-14-11-16(25,17(19,20)21)23(22-14)15(24)12-7-9-13(18)10-8-12/h7-10,25H,2-6,11H2,1H3/t16-/m1/s1. The van der Waals surface area contributed by atoms with E-state index in [-0.39, 0.29) is 16.3 Å². The van der Waals surface area contributed by atoms with Gasteiger partial charge in [-0.15, -0.1) is 0 Å². The van der Waals surface area contributed by atoms with E-state index in [1.54, 1.807) is 0 Å². The average Bonchev–Trinajstić information content (AvgIpc) is 2.89. The first kappa shape index (κ1) is 19.7. The van der Waals surface area contributed by atoms with Crippen LogP contribution in [0.4, 0.5) is 13.2 Å². The summed E-state index contributed by atoms with van der Waals surface area (Å²) < 4.78 is 40.2. The molecule has 0 unspecified atom stereocenters. The minimum absolute atomic E-state index is 0.0249. The van der Waals surface area contributed by atoms with Gasteiger partial charge >= 0.3 is 6.18 Å². The van der Waals surface area contributed by atoms with Crippen LogP contribution in [0.5, 0.6) is 0 Å². The Kier molecular flexibility index (Phi) is 6.11. The number of alkyl halides is 3. The van der Waals surface area contributed by atoms with Gasteiger partial charge in [0.25, 0.3) is 11.6 Å². The number of hydrogen-bond acceptors (Lipinski definition) is 3. The van der Waals surface area contributed by atoms with Gasteiger partial charge < -0.3 is 5.11 Å². The highest BCUT2D eigenvalue weighted by molar-refractivity contribution is 6.30. The van der Waals surface area contributed by atoms with E-state index in [2.05, 4.69) is 5.10 Å². The summed E-state index contributed by atoms with van der Waals surface area (Å²) in [5, 5.41) is 14.5. The van der Waals surface area contributed by atoms with Crippen molar-refractivity contribution in [1.82, 2.24) is 5.01 Å². The molecule has 0 bridgehead atoms. The summed E-state index contributed by atoms with van der Waals surface area (Å²) >= 11 is 5.73. The number of hydrazone groups is 1. The molecule has 0 saturated carbocycles. The summed E-state index contributed by atoms with van der Waals surface area (Å²) in [6.45, 7) is 2.03. The number of benzene rings is 1. The third kappa shape index (κ3) is 4.33. The van der Waals surface area contributed by atoms with Crippen LogP contribution >= 0.6 is 11.6 Å². The Labute approximate surface area is 149 Å². The number of halogens is 4. The zero-order chi connectivity index (χ0) is 18.7. The highest BCUT2D eigenvalue weighted by atomic mass is 35.5. The number of unbranched alkanes of at least 4 members (excludes halogenated alkanes) is 3. The zero-order valence-electron chi connectivity index (χ0n) is 13.8. The average molecular weight is 377 g/mol. The molecule has 2 rings (SSSR count). The van der Waals surface area contributed by atoms with Crippen LogP contribution in [-0.4, -0.2) is 33.6 Å². The summed E-state index contributed by atoms with van der Waals surface area (Å²) in [6.07, 6.45) is -1.90. The first-order valence-electron chi connectivity index (χ1n) is 8.14. The number of amides is 1. The molecule has 0 fully saturated rings. The first-order valence-corrected chi connectivity index (χ1v) is 8.52. The normalized spacial score (nSPS) is 20.7. The van der Waals surface area contributed by atoms with Gasteiger partial charge in [-0.2, -0.15) is 23.3 Å². The van der Waals surface area contributed by atoms with Gasteiger partial charge in [0.2, 0.25) is 0 Å². The Hall–Kier alpha value is -1.60. The Bertz CT molecular complexity index is 646. The predicted octanol–water partition coefficient (Wildman–Crippen LogP) is 4.76. The molecule has 1 atom stereocenters. The van der Waals surface area contributed by atoms with Crippen LogP contribution in [0.15, 0.2) is 29.4 Å². The quantitative estimate of drug-likeness (QED) is 0.727. The lowest BCUT2D eigenvalue weighted by Crippen LogP contribution is -2.56. The topological polar surface area (TPSA) is 52.9 Å². The molecule has 1 N–H and O–H groups in total. The van der Waals surface area contributed by atoms with Gasteiger partial charge in [0.1, 0.15) is 0 Å². The second-order valence-corrected chi connectivity index (χ2v) is 6.53. The number of nitrogens with zero attached hydrogens (tertiary/aromatic N) is 2. The van der Waals surface area contributed by atoms with Gasteiger partial charge in [-0.05, 0) is 37.1 Å². The van der Waals surface area contributed by atoms with Crippen molar-refractivity contribution in [2.75, 3.05) is 0 Å². The van der Waals surface area contributed by atoms with Crippen molar-refractivity contribution >= 4 is 23.2 Å². The zero-order valence-corrected chi connectivity index (χ0v) is 14.6. The van der Waals surface area contributed by atoms with Crippen molar-refractivity contribution < 1.29 is 23.1 Å². The van der Waals surface area contributed by atoms with Crippen molar-refractivity contribution in [2.45, 2.75) is 57.3 Å². The SMILES string of the molecule is CCCCCCC1=NN(C(=O)c2ccc(Cl)cc2)[C@](O)(C(F)(F)F)C1. The molecule has 1 amide bonds. The van der Waals surface area contributed by atoms with Gasteiger partial charge in [0.15, 0.2) is 0 Å². The molecule has 0 radical (unpaired) electrons.